The molecule has 0 aromatic heterocycles. The number of hydrogen-bond donors (Lipinski definition) is 0. The summed E-state index contributed by atoms with van der Waals surface area (Å²) >= 11 is 0. The van der Waals surface area contributed by atoms with Gasteiger partial charge in [-0.05, 0) is 54.4 Å². The number of rotatable bonds is 1. The predicted molar refractivity (Wildman–Crippen MR) is 74.6 cm³/mol. The number of nitrogens with zero attached hydrogens (tertiary/aromatic N) is 2. The summed E-state index contributed by atoms with van der Waals surface area (Å²) in [6.45, 7) is 15.8. The summed E-state index contributed by atoms with van der Waals surface area (Å²) in [7, 11) is 0. The molecule has 2 aliphatic heterocycles. The Morgan fingerprint density at radius 2 is 1.78 bits per heavy atom. The Balaban J connectivity index is 2.07. The van der Waals surface area contributed by atoms with E-state index >= 15 is 0 Å². The Morgan fingerprint density at radius 1 is 1.17 bits per heavy atom. The molecule has 2 rings (SSSR count). The third kappa shape index (κ3) is 2.72. The molecule has 0 spiro atoms. The van der Waals surface area contributed by atoms with Crippen molar-refractivity contribution in [2.45, 2.75) is 77.2 Å². The van der Waals surface area contributed by atoms with Crippen LogP contribution in [0.2, 0.25) is 0 Å². The lowest BCUT2D eigenvalue weighted by molar-refractivity contribution is 0.0654. The van der Waals surface area contributed by atoms with Crippen LogP contribution in [0.15, 0.2) is 0 Å². The summed E-state index contributed by atoms with van der Waals surface area (Å²) in [5.41, 5.74) is -0.561. The van der Waals surface area contributed by atoms with Crippen LogP contribution in [-0.2, 0) is 0 Å². The Bertz CT molecular complexity index is 317. The molecular weight excluding hydrogens is 227 g/mol. The zero-order chi connectivity index (χ0) is 13.8. The van der Waals surface area contributed by atoms with Crippen LogP contribution in [0.4, 0.5) is 4.39 Å². The summed E-state index contributed by atoms with van der Waals surface area (Å²) in [5.74, 6) is 0. The Hall–Kier alpha value is -0.150. The van der Waals surface area contributed by atoms with Gasteiger partial charge in [0.05, 0.1) is 0 Å². The van der Waals surface area contributed by atoms with E-state index in [0.717, 1.165) is 19.5 Å². The van der Waals surface area contributed by atoms with Crippen molar-refractivity contribution >= 4 is 0 Å². The normalized spacial score (nSPS) is 38.5. The second-order valence-corrected chi connectivity index (χ2v) is 8.09. The lowest BCUT2D eigenvalue weighted by Gasteiger charge is -2.42. The lowest BCUT2D eigenvalue weighted by atomic mass is 9.95. The van der Waals surface area contributed by atoms with Crippen molar-refractivity contribution in [1.29, 1.82) is 0 Å². The summed E-state index contributed by atoms with van der Waals surface area (Å²) in [5, 5.41) is 0. The van der Waals surface area contributed by atoms with Crippen LogP contribution in [0.1, 0.15) is 54.4 Å². The van der Waals surface area contributed by atoms with Crippen LogP contribution in [0.3, 0.4) is 0 Å². The minimum atomic E-state index is -0.973. The quantitative estimate of drug-likeness (QED) is 0.711. The zero-order valence-electron chi connectivity index (χ0n) is 12.9. The van der Waals surface area contributed by atoms with E-state index in [1.54, 1.807) is 6.92 Å². The predicted octanol–water partition coefficient (Wildman–Crippen LogP) is 3.07. The highest BCUT2D eigenvalue weighted by Gasteiger charge is 2.47. The fourth-order valence-electron chi connectivity index (χ4n) is 3.91. The molecule has 18 heavy (non-hydrogen) atoms. The maximum atomic E-state index is 14.0. The summed E-state index contributed by atoms with van der Waals surface area (Å²) < 4.78 is 14.0. The van der Waals surface area contributed by atoms with Crippen molar-refractivity contribution in [2.24, 2.45) is 0 Å². The standard InChI is InChI=1S/C15H29FN2/c1-13(2,3)18-10-12(9-14(18,4)5)17-8-7-15(6,16)11-17/h12H,7-11H2,1-6H3. The molecule has 3 heteroatoms. The highest BCUT2D eigenvalue weighted by Crippen LogP contribution is 2.39. The maximum Gasteiger partial charge on any atom is 0.122 e. The van der Waals surface area contributed by atoms with Crippen molar-refractivity contribution in [3.63, 3.8) is 0 Å². The van der Waals surface area contributed by atoms with Crippen LogP contribution in [0, 0.1) is 0 Å². The van der Waals surface area contributed by atoms with Gasteiger partial charge in [0.15, 0.2) is 0 Å². The van der Waals surface area contributed by atoms with Gasteiger partial charge >= 0.3 is 0 Å². The van der Waals surface area contributed by atoms with Gasteiger partial charge in [-0.2, -0.15) is 0 Å². The molecule has 2 heterocycles. The molecule has 106 valence electrons. The van der Waals surface area contributed by atoms with E-state index < -0.39 is 5.67 Å². The molecule has 2 aliphatic rings. The largest absolute Gasteiger partial charge is 0.296 e. The van der Waals surface area contributed by atoms with E-state index in [1.165, 1.54) is 0 Å². The molecule has 2 nitrogen and oxygen atoms in total. The van der Waals surface area contributed by atoms with Gasteiger partial charge in [0.1, 0.15) is 5.67 Å². The van der Waals surface area contributed by atoms with Crippen LogP contribution in [0.25, 0.3) is 0 Å². The highest BCUT2D eigenvalue weighted by atomic mass is 19.1. The second kappa shape index (κ2) is 4.17. The molecule has 0 N–H and O–H groups in total. The molecule has 0 radical (unpaired) electrons. The Morgan fingerprint density at radius 3 is 2.17 bits per heavy atom. The maximum absolute atomic E-state index is 14.0. The number of alkyl halides is 1. The lowest BCUT2D eigenvalue weighted by Crippen LogP contribution is -2.50. The number of hydrogen-bond acceptors (Lipinski definition) is 2. The fraction of sp³-hybridized carbons (Fsp3) is 1.00. The SMILES string of the molecule is CC1(F)CCN(C2CN(C(C)(C)C)C(C)(C)C2)C1. The van der Waals surface area contributed by atoms with Gasteiger partial charge in [-0.15, -0.1) is 0 Å². The molecule has 0 aliphatic carbocycles. The molecule has 2 atom stereocenters. The molecule has 0 aromatic rings. The third-order valence-electron chi connectivity index (χ3n) is 4.64. The van der Waals surface area contributed by atoms with E-state index in [4.69, 9.17) is 0 Å². The molecule has 2 unspecified atom stereocenters. The first-order valence-electron chi connectivity index (χ1n) is 7.22. The van der Waals surface area contributed by atoms with Gasteiger partial charge in [0, 0.05) is 36.8 Å². The Kier molecular flexibility index (Phi) is 3.31. The number of likely N-dealkylation sites (tertiary alicyclic amines) is 2. The molecule has 2 fully saturated rings. The van der Waals surface area contributed by atoms with E-state index in [-0.39, 0.29) is 11.1 Å². The van der Waals surface area contributed by atoms with Gasteiger partial charge in [-0.25, -0.2) is 4.39 Å². The van der Waals surface area contributed by atoms with Crippen molar-refractivity contribution < 1.29 is 4.39 Å². The first-order chi connectivity index (χ1) is 8.01. The van der Waals surface area contributed by atoms with E-state index in [2.05, 4.69) is 44.4 Å². The average molecular weight is 256 g/mol. The van der Waals surface area contributed by atoms with Crippen molar-refractivity contribution in [3.8, 4) is 0 Å². The Labute approximate surface area is 112 Å². The van der Waals surface area contributed by atoms with Crippen LogP contribution >= 0.6 is 0 Å². The minimum absolute atomic E-state index is 0.191. The van der Waals surface area contributed by atoms with Crippen molar-refractivity contribution in [1.82, 2.24) is 9.80 Å². The monoisotopic (exact) mass is 256 g/mol. The van der Waals surface area contributed by atoms with Crippen LogP contribution in [0.5, 0.6) is 0 Å². The third-order valence-corrected chi connectivity index (χ3v) is 4.64. The molecular formula is C15H29FN2. The molecule has 2 saturated heterocycles. The van der Waals surface area contributed by atoms with Crippen molar-refractivity contribution in [3.05, 3.63) is 0 Å². The topological polar surface area (TPSA) is 6.48 Å². The highest BCUT2D eigenvalue weighted by molar-refractivity contribution is 5.03. The van der Waals surface area contributed by atoms with E-state index in [0.29, 0.717) is 19.0 Å². The van der Waals surface area contributed by atoms with Crippen LogP contribution in [-0.4, -0.2) is 52.2 Å². The minimum Gasteiger partial charge on any atom is -0.296 e. The fourth-order valence-corrected chi connectivity index (χ4v) is 3.91. The first-order valence-corrected chi connectivity index (χ1v) is 7.22. The van der Waals surface area contributed by atoms with Gasteiger partial charge in [0.2, 0.25) is 0 Å². The summed E-state index contributed by atoms with van der Waals surface area (Å²) in [4.78, 5) is 4.95. The molecule has 0 amide bonds. The van der Waals surface area contributed by atoms with Crippen LogP contribution < -0.4 is 0 Å². The second-order valence-electron chi connectivity index (χ2n) is 8.09. The number of halogens is 1. The summed E-state index contributed by atoms with van der Waals surface area (Å²) in [6, 6.07) is 0.525. The zero-order valence-corrected chi connectivity index (χ0v) is 12.9. The van der Waals surface area contributed by atoms with Gasteiger partial charge in [0.25, 0.3) is 0 Å². The first kappa shape index (κ1) is 14.3. The van der Waals surface area contributed by atoms with E-state index in [9.17, 15) is 4.39 Å². The smallest absolute Gasteiger partial charge is 0.122 e. The van der Waals surface area contributed by atoms with Gasteiger partial charge in [-0.1, -0.05) is 0 Å². The summed E-state index contributed by atoms with van der Waals surface area (Å²) in [6.07, 6.45) is 1.85. The molecule has 0 aromatic carbocycles. The molecule has 0 bridgehead atoms. The van der Waals surface area contributed by atoms with Crippen molar-refractivity contribution in [2.75, 3.05) is 19.6 Å². The molecule has 0 saturated carbocycles. The van der Waals surface area contributed by atoms with E-state index in [1.807, 2.05) is 0 Å². The van der Waals surface area contributed by atoms with Gasteiger partial charge in [-0.3, -0.25) is 9.80 Å². The van der Waals surface area contributed by atoms with Gasteiger partial charge < -0.3 is 0 Å². The average Bonchev–Trinajstić information content (AvgIpc) is 2.64.